The molecular formula is C14H20ClN3O4S. The van der Waals surface area contributed by atoms with E-state index in [9.17, 15) is 13.2 Å². The molecule has 2 saturated heterocycles. The Kier molecular flexibility index (Phi) is 5.85. The summed E-state index contributed by atoms with van der Waals surface area (Å²) in [6.45, 7) is 2.28. The van der Waals surface area contributed by atoms with Gasteiger partial charge >= 0.3 is 0 Å². The average molecular weight is 362 g/mol. The largest absolute Gasteiger partial charge is 0.366 e. The van der Waals surface area contributed by atoms with Crippen LogP contribution in [0, 0.1) is 0 Å². The van der Waals surface area contributed by atoms with E-state index in [1.807, 2.05) is 0 Å². The number of carbonyl (C=O) groups is 1. The zero-order valence-electron chi connectivity index (χ0n) is 12.5. The Hall–Kier alpha value is -1.35. The first kappa shape index (κ1) is 18.0. The molecule has 0 radical (unpaired) electrons. The molecule has 7 nitrogen and oxygen atoms in total. The van der Waals surface area contributed by atoms with E-state index in [1.165, 1.54) is 4.31 Å². The third-order valence-electron chi connectivity index (χ3n) is 3.74. The molecule has 0 spiro atoms. The van der Waals surface area contributed by atoms with Gasteiger partial charge in [0.25, 0.3) is 5.91 Å². The van der Waals surface area contributed by atoms with Crippen molar-refractivity contribution < 1.29 is 17.9 Å². The monoisotopic (exact) mass is 361 g/mol. The van der Waals surface area contributed by atoms with Crippen LogP contribution in [-0.4, -0.2) is 52.4 Å². The lowest BCUT2D eigenvalue weighted by atomic mass is 10.2. The Morgan fingerprint density at radius 1 is 1.30 bits per heavy atom. The highest BCUT2D eigenvalue weighted by atomic mass is 35.5. The highest BCUT2D eigenvalue weighted by Gasteiger charge is 2.28. The van der Waals surface area contributed by atoms with Crippen molar-refractivity contribution in [2.24, 2.45) is 0 Å². The maximum atomic E-state index is 12.0. The number of morpholine rings is 1. The molecule has 2 heterocycles. The second-order valence-electron chi connectivity index (χ2n) is 5.34. The summed E-state index contributed by atoms with van der Waals surface area (Å²) in [5.74, 6) is -0.00827. The third-order valence-corrected chi connectivity index (χ3v) is 5.61. The molecular weight excluding hydrogens is 342 g/mol. The first-order valence-corrected chi connectivity index (χ1v) is 8.91. The molecule has 1 atom stereocenters. The summed E-state index contributed by atoms with van der Waals surface area (Å²) >= 11 is 0. The number of hydrogen-bond acceptors (Lipinski definition) is 5. The number of benzene rings is 1. The average Bonchev–Trinajstić information content (AvgIpc) is 2.88. The number of halogens is 1. The van der Waals surface area contributed by atoms with Gasteiger partial charge in [0, 0.05) is 25.3 Å². The molecule has 9 heteroatoms. The van der Waals surface area contributed by atoms with Crippen molar-refractivity contribution >= 4 is 39.7 Å². The summed E-state index contributed by atoms with van der Waals surface area (Å²) in [5.41, 5.74) is 1.26. The molecule has 2 aliphatic rings. The molecule has 2 N–H and O–H groups in total. The first-order valence-electron chi connectivity index (χ1n) is 7.30. The zero-order valence-corrected chi connectivity index (χ0v) is 14.2. The van der Waals surface area contributed by atoms with Crippen molar-refractivity contribution in [1.82, 2.24) is 5.32 Å². The molecule has 0 bridgehead atoms. The minimum atomic E-state index is -3.18. The zero-order chi connectivity index (χ0) is 15.6. The summed E-state index contributed by atoms with van der Waals surface area (Å²) in [6, 6.07) is 6.82. The van der Waals surface area contributed by atoms with E-state index in [1.54, 1.807) is 24.3 Å². The molecule has 128 valence electrons. The van der Waals surface area contributed by atoms with Gasteiger partial charge in [-0.15, -0.1) is 12.4 Å². The van der Waals surface area contributed by atoms with Crippen LogP contribution in [0.3, 0.4) is 0 Å². The maximum absolute atomic E-state index is 12.0. The number of carbonyl (C=O) groups excluding carboxylic acids is 1. The van der Waals surface area contributed by atoms with E-state index in [2.05, 4.69) is 10.6 Å². The molecule has 0 saturated carbocycles. The number of rotatable bonds is 3. The lowest BCUT2D eigenvalue weighted by molar-refractivity contribution is -0.128. The second kappa shape index (κ2) is 7.48. The Balaban J connectivity index is 0.00000192. The van der Waals surface area contributed by atoms with Gasteiger partial charge in [-0.2, -0.15) is 0 Å². The summed E-state index contributed by atoms with van der Waals surface area (Å²) in [5, 5.41) is 5.88. The first-order chi connectivity index (χ1) is 10.6. The molecule has 23 heavy (non-hydrogen) atoms. The Morgan fingerprint density at radius 2 is 2.04 bits per heavy atom. The quantitative estimate of drug-likeness (QED) is 0.822. The van der Waals surface area contributed by atoms with Gasteiger partial charge in [-0.1, -0.05) is 0 Å². The van der Waals surface area contributed by atoms with Crippen molar-refractivity contribution in [2.75, 3.05) is 41.6 Å². The number of amides is 1. The van der Waals surface area contributed by atoms with Crippen molar-refractivity contribution in [2.45, 2.75) is 12.5 Å². The van der Waals surface area contributed by atoms with E-state index in [0.717, 1.165) is 6.54 Å². The van der Waals surface area contributed by atoms with Crippen LogP contribution in [0.1, 0.15) is 6.42 Å². The molecule has 2 fully saturated rings. The molecule has 2 aliphatic heterocycles. The van der Waals surface area contributed by atoms with E-state index in [4.69, 9.17) is 4.74 Å². The molecule has 3 rings (SSSR count). The van der Waals surface area contributed by atoms with Crippen LogP contribution in [0.25, 0.3) is 0 Å². The van der Waals surface area contributed by atoms with E-state index in [0.29, 0.717) is 37.5 Å². The fourth-order valence-electron chi connectivity index (χ4n) is 2.60. The van der Waals surface area contributed by atoms with Crippen LogP contribution in [0.15, 0.2) is 24.3 Å². The smallest absolute Gasteiger partial charge is 0.254 e. The van der Waals surface area contributed by atoms with Gasteiger partial charge in [0.15, 0.2) is 0 Å². The Bertz CT molecular complexity index is 644. The topological polar surface area (TPSA) is 87.7 Å². The van der Waals surface area contributed by atoms with Gasteiger partial charge in [0.05, 0.1) is 18.0 Å². The summed E-state index contributed by atoms with van der Waals surface area (Å²) in [4.78, 5) is 12.0. The highest BCUT2D eigenvalue weighted by molar-refractivity contribution is 7.93. The lowest BCUT2D eigenvalue weighted by Gasteiger charge is -2.23. The minimum Gasteiger partial charge on any atom is -0.366 e. The van der Waals surface area contributed by atoms with Crippen molar-refractivity contribution in [3.8, 4) is 0 Å². The summed E-state index contributed by atoms with van der Waals surface area (Å²) in [6.07, 6.45) is 0.153. The van der Waals surface area contributed by atoms with E-state index >= 15 is 0 Å². The molecule has 1 aromatic carbocycles. The van der Waals surface area contributed by atoms with Gasteiger partial charge in [-0.05, 0) is 30.7 Å². The molecule has 0 aromatic heterocycles. The normalized spacial score (nSPS) is 23.1. The van der Waals surface area contributed by atoms with Crippen LogP contribution in [0.2, 0.25) is 0 Å². The Labute approximate surface area is 141 Å². The van der Waals surface area contributed by atoms with Crippen molar-refractivity contribution in [1.29, 1.82) is 0 Å². The van der Waals surface area contributed by atoms with E-state index in [-0.39, 0.29) is 24.1 Å². The van der Waals surface area contributed by atoms with Crippen LogP contribution < -0.4 is 14.9 Å². The van der Waals surface area contributed by atoms with Gasteiger partial charge in [0.2, 0.25) is 10.0 Å². The van der Waals surface area contributed by atoms with Crippen molar-refractivity contribution in [3.05, 3.63) is 24.3 Å². The second-order valence-corrected chi connectivity index (χ2v) is 7.35. The lowest BCUT2D eigenvalue weighted by Crippen LogP contribution is -2.45. The van der Waals surface area contributed by atoms with Gasteiger partial charge in [-0.25, -0.2) is 8.42 Å². The Morgan fingerprint density at radius 3 is 2.61 bits per heavy atom. The molecule has 0 aliphatic carbocycles. The SMILES string of the molecule is Cl.O=C(Nc1ccc(N2CCCS2(=O)=O)cc1)C1CNCCO1. The number of anilines is 2. The number of sulfonamides is 1. The van der Waals surface area contributed by atoms with Gasteiger partial charge < -0.3 is 15.4 Å². The fourth-order valence-corrected chi connectivity index (χ4v) is 4.16. The minimum absolute atomic E-state index is 0. The highest BCUT2D eigenvalue weighted by Crippen LogP contribution is 2.25. The standard InChI is InChI=1S/C14H19N3O4S.ClH/c18-14(13-10-15-6-8-21-13)16-11-2-4-12(5-3-11)17-7-1-9-22(17,19)20;/h2-5,13,15H,1,6-10H2,(H,16,18);1H. The predicted molar refractivity (Wildman–Crippen MR) is 90.7 cm³/mol. The van der Waals surface area contributed by atoms with Crippen molar-refractivity contribution in [3.63, 3.8) is 0 Å². The molecule has 1 unspecified atom stereocenters. The van der Waals surface area contributed by atoms with E-state index < -0.39 is 16.1 Å². The third kappa shape index (κ3) is 4.14. The summed E-state index contributed by atoms with van der Waals surface area (Å²) < 4.78 is 30.5. The van der Waals surface area contributed by atoms with Crippen LogP contribution in [-0.2, 0) is 19.6 Å². The van der Waals surface area contributed by atoms with Crippen LogP contribution >= 0.6 is 12.4 Å². The molecule has 1 amide bonds. The number of ether oxygens (including phenoxy) is 1. The van der Waals surface area contributed by atoms with Crippen LogP contribution in [0.4, 0.5) is 11.4 Å². The number of nitrogens with zero attached hydrogens (tertiary/aromatic N) is 1. The van der Waals surface area contributed by atoms with Crippen LogP contribution in [0.5, 0.6) is 0 Å². The maximum Gasteiger partial charge on any atom is 0.254 e. The molecule has 1 aromatic rings. The van der Waals surface area contributed by atoms with Gasteiger partial charge in [-0.3, -0.25) is 9.10 Å². The van der Waals surface area contributed by atoms with Gasteiger partial charge in [0.1, 0.15) is 6.10 Å². The predicted octanol–water partition coefficient (Wildman–Crippen LogP) is 0.575. The summed E-state index contributed by atoms with van der Waals surface area (Å²) in [7, 11) is -3.18. The number of nitrogens with one attached hydrogen (secondary N) is 2. The number of hydrogen-bond donors (Lipinski definition) is 2. The fraction of sp³-hybridized carbons (Fsp3) is 0.500.